The number of hydrogen-bond acceptors (Lipinski definition) is 4. The van der Waals surface area contributed by atoms with Crippen LogP contribution in [0.5, 0.6) is 0 Å². The Kier molecular flexibility index (Phi) is 3.90. The lowest BCUT2D eigenvalue weighted by atomic mass is 10.1. The van der Waals surface area contributed by atoms with E-state index in [0.717, 1.165) is 28.8 Å². The summed E-state index contributed by atoms with van der Waals surface area (Å²) in [6.45, 7) is 0.717. The first-order chi connectivity index (χ1) is 11.9. The van der Waals surface area contributed by atoms with Crippen LogP contribution in [0.2, 0.25) is 0 Å². The van der Waals surface area contributed by atoms with E-state index >= 15 is 0 Å². The number of rotatable bonds is 5. The Bertz CT molecular complexity index is 929. The molecule has 5 nitrogen and oxygen atoms in total. The van der Waals surface area contributed by atoms with Crippen LogP contribution >= 0.6 is 0 Å². The minimum absolute atomic E-state index is 0.717. The van der Waals surface area contributed by atoms with Gasteiger partial charge in [0.25, 0.3) is 0 Å². The third-order valence-corrected chi connectivity index (χ3v) is 3.95. The van der Waals surface area contributed by atoms with Crippen molar-refractivity contribution in [3.63, 3.8) is 0 Å². The smallest absolute Gasteiger partial charge is 0.137 e. The van der Waals surface area contributed by atoms with Crippen LogP contribution in [-0.2, 0) is 13.0 Å². The van der Waals surface area contributed by atoms with Crippen LogP contribution in [-0.4, -0.2) is 19.9 Å². The predicted molar refractivity (Wildman–Crippen MR) is 94.7 cm³/mol. The average Bonchev–Trinajstić information content (AvgIpc) is 3.05. The Morgan fingerprint density at radius 3 is 2.71 bits per heavy atom. The fourth-order valence-electron chi connectivity index (χ4n) is 2.71. The minimum Gasteiger partial charge on any atom is -0.366 e. The summed E-state index contributed by atoms with van der Waals surface area (Å²) in [5.41, 5.74) is 4.47. The highest BCUT2D eigenvalue weighted by atomic mass is 15.0. The Balaban J connectivity index is 1.44. The van der Waals surface area contributed by atoms with Gasteiger partial charge in [0.1, 0.15) is 11.5 Å². The van der Waals surface area contributed by atoms with Gasteiger partial charge in [-0.3, -0.25) is 4.98 Å². The lowest BCUT2D eigenvalue weighted by Crippen LogP contribution is -2.01. The molecular formula is C19H17N5. The number of nitrogens with one attached hydrogen (secondary N) is 2. The summed E-state index contributed by atoms with van der Waals surface area (Å²) in [5, 5.41) is 4.47. The second-order valence-corrected chi connectivity index (χ2v) is 5.66. The molecule has 0 aliphatic heterocycles. The highest BCUT2D eigenvalue weighted by Gasteiger charge is 2.05. The molecule has 0 bridgehead atoms. The molecule has 0 saturated heterocycles. The van der Waals surface area contributed by atoms with Gasteiger partial charge in [0.05, 0.1) is 0 Å². The number of fused-ring (bicyclic) bond motifs is 1. The molecule has 0 atom stereocenters. The minimum atomic E-state index is 0.717. The molecule has 0 saturated carbocycles. The van der Waals surface area contributed by atoms with E-state index in [1.54, 1.807) is 12.4 Å². The molecule has 24 heavy (non-hydrogen) atoms. The zero-order valence-electron chi connectivity index (χ0n) is 13.1. The first-order valence-electron chi connectivity index (χ1n) is 7.87. The van der Waals surface area contributed by atoms with Crippen molar-refractivity contribution >= 4 is 16.9 Å². The van der Waals surface area contributed by atoms with Gasteiger partial charge >= 0.3 is 0 Å². The number of nitrogens with zero attached hydrogens (tertiary/aromatic N) is 3. The van der Waals surface area contributed by atoms with Crippen molar-refractivity contribution in [3.05, 3.63) is 84.1 Å². The molecule has 4 aromatic heterocycles. The van der Waals surface area contributed by atoms with Crippen molar-refractivity contribution < 1.29 is 0 Å². The Labute approximate surface area is 139 Å². The summed E-state index contributed by atoms with van der Waals surface area (Å²) >= 11 is 0. The maximum Gasteiger partial charge on any atom is 0.137 e. The van der Waals surface area contributed by atoms with Crippen molar-refractivity contribution in [2.24, 2.45) is 0 Å². The highest BCUT2D eigenvalue weighted by Crippen LogP contribution is 2.19. The zero-order valence-corrected chi connectivity index (χ0v) is 13.1. The normalized spacial score (nSPS) is 10.8. The van der Waals surface area contributed by atoms with Gasteiger partial charge in [0.15, 0.2) is 0 Å². The molecule has 5 heteroatoms. The van der Waals surface area contributed by atoms with Crippen LogP contribution in [0.3, 0.4) is 0 Å². The second-order valence-electron chi connectivity index (χ2n) is 5.66. The molecule has 4 rings (SSSR count). The Morgan fingerprint density at radius 1 is 0.917 bits per heavy atom. The van der Waals surface area contributed by atoms with Gasteiger partial charge in [-0.25, -0.2) is 9.97 Å². The van der Waals surface area contributed by atoms with E-state index in [-0.39, 0.29) is 0 Å². The molecule has 118 valence electrons. The number of aromatic amines is 1. The molecule has 2 N–H and O–H groups in total. The van der Waals surface area contributed by atoms with Crippen molar-refractivity contribution in [1.29, 1.82) is 0 Å². The first kappa shape index (κ1) is 14.4. The molecule has 0 fully saturated rings. The van der Waals surface area contributed by atoms with Crippen LogP contribution in [0.25, 0.3) is 11.0 Å². The summed E-state index contributed by atoms with van der Waals surface area (Å²) in [6.07, 6.45) is 10.2. The summed E-state index contributed by atoms with van der Waals surface area (Å²) in [6, 6.07) is 12.1. The molecule has 0 radical (unpaired) electrons. The molecule has 0 unspecified atom stereocenters. The van der Waals surface area contributed by atoms with Gasteiger partial charge in [-0.15, -0.1) is 0 Å². The van der Waals surface area contributed by atoms with E-state index in [1.807, 2.05) is 42.9 Å². The summed E-state index contributed by atoms with van der Waals surface area (Å²) in [4.78, 5) is 16.1. The Hall–Kier alpha value is -3.21. The summed E-state index contributed by atoms with van der Waals surface area (Å²) in [5.74, 6) is 0.864. The van der Waals surface area contributed by atoms with E-state index < -0.39 is 0 Å². The molecule has 0 aliphatic carbocycles. The number of pyridine rings is 3. The van der Waals surface area contributed by atoms with E-state index in [2.05, 4.69) is 37.4 Å². The number of aromatic nitrogens is 4. The molecule has 4 aromatic rings. The summed E-state index contributed by atoms with van der Waals surface area (Å²) in [7, 11) is 0. The second kappa shape index (κ2) is 6.50. The predicted octanol–water partition coefficient (Wildman–Crippen LogP) is 3.56. The number of H-pyrrole nitrogens is 1. The molecular weight excluding hydrogens is 298 g/mol. The van der Waals surface area contributed by atoms with Gasteiger partial charge in [-0.05, 0) is 41.0 Å². The third-order valence-electron chi connectivity index (χ3n) is 3.95. The van der Waals surface area contributed by atoms with E-state index in [0.29, 0.717) is 6.54 Å². The van der Waals surface area contributed by atoms with Crippen molar-refractivity contribution in [2.75, 3.05) is 5.32 Å². The third kappa shape index (κ3) is 3.10. The highest BCUT2D eigenvalue weighted by molar-refractivity contribution is 5.79. The van der Waals surface area contributed by atoms with Crippen molar-refractivity contribution in [3.8, 4) is 0 Å². The van der Waals surface area contributed by atoms with Gasteiger partial charge in [0, 0.05) is 49.3 Å². The van der Waals surface area contributed by atoms with Crippen LogP contribution < -0.4 is 5.32 Å². The van der Waals surface area contributed by atoms with Crippen LogP contribution in [0.1, 0.15) is 16.7 Å². The number of anilines is 1. The van der Waals surface area contributed by atoms with Crippen LogP contribution in [0.15, 0.2) is 67.4 Å². The standard InChI is InChI=1S/C19H17N5/c1-3-15(10-20-7-1)12-23-18-6-5-14(11-22-18)9-16-13-24-19-17(16)4-2-8-21-19/h1-8,10-11,13H,9,12H2,(H,21,24)(H,22,23). The topological polar surface area (TPSA) is 66.5 Å². The molecule has 0 aromatic carbocycles. The Morgan fingerprint density at radius 2 is 1.88 bits per heavy atom. The quantitative estimate of drug-likeness (QED) is 0.591. The maximum atomic E-state index is 4.50. The summed E-state index contributed by atoms with van der Waals surface area (Å²) < 4.78 is 0. The number of hydrogen-bond donors (Lipinski definition) is 2. The molecule has 4 heterocycles. The van der Waals surface area contributed by atoms with E-state index in [9.17, 15) is 0 Å². The van der Waals surface area contributed by atoms with Gasteiger partial charge < -0.3 is 10.3 Å². The van der Waals surface area contributed by atoms with Crippen molar-refractivity contribution in [1.82, 2.24) is 19.9 Å². The van der Waals surface area contributed by atoms with Crippen LogP contribution in [0, 0.1) is 0 Å². The first-order valence-corrected chi connectivity index (χ1v) is 7.87. The van der Waals surface area contributed by atoms with Gasteiger partial charge in [-0.1, -0.05) is 12.1 Å². The lowest BCUT2D eigenvalue weighted by Gasteiger charge is -2.06. The van der Waals surface area contributed by atoms with E-state index in [1.165, 1.54) is 11.1 Å². The molecule has 0 amide bonds. The zero-order chi connectivity index (χ0) is 16.2. The lowest BCUT2D eigenvalue weighted by molar-refractivity contribution is 1.07. The monoisotopic (exact) mass is 315 g/mol. The van der Waals surface area contributed by atoms with Crippen LogP contribution in [0.4, 0.5) is 5.82 Å². The largest absolute Gasteiger partial charge is 0.366 e. The van der Waals surface area contributed by atoms with Gasteiger partial charge in [0.2, 0.25) is 0 Å². The van der Waals surface area contributed by atoms with Gasteiger partial charge in [-0.2, -0.15) is 0 Å². The van der Waals surface area contributed by atoms with Crippen molar-refractivity contribution in [2.45, 2.75) is 13.0 Å². The SMILES string of the molecule is c1cncc(CNc2ccc(Cc3c[nH]c4ncccc34)cn2)c1. The average molecular weight is 315 g/mol. The van der Waals surface area contributed by atoms with E-state index in [4.69, 9.17) is 0 Å². The fraction of sp³-hybridized carbons (Fsp3) is 0.105. The molecule has 0 aliphatic rings. The maximum absolute atomic E-state index is 4.50. The fourth-order valence-corrected chi connectivity index (χ4v) is 2.71. The molecule has 0 spiro atoms.